The zero-order chi connectivity index (χ0) is 14.1. The van der Waals surface area contributed by atoms with Crippen LogP contribution >= 0.6 is 0 Å². The Balaban J connectivity index is 3.85. The molecule has 0 aliphatic carbocycles. The van der Waals surface area contributed by atoms with E-state index in [1.165, 1.54) is 4.90 Å². The monoisotopic (exact) mass is 257 g/mol. The summed E-state index contributed by atoms with van der Waals surface area (Å²) in [6.45, 7) is 5.17. The van der Waals surface area contributed by atoms with Crippen molar-refractivity contribution in [1.29, 1.82) is 0 Å². The maximum atomic E-state index is 11.7. The van der Waals surface area contributed by atoms with Gasteiger partial charge in [0.1, 0.15) is 0 Å². The summed E-state index contributed by atoms with van der Waals surface area (Å²) in [6, 6.07) is 0. The summed E-state index contributed by atoms with van der Waals surface area (Å²) >= 11 is 0. The maximum Gasteiger partial charge on any atom is 0.223 e. The summed E-state index contributed by atoms with van der Waals surface area (Å²) in [5.41, 5.74) is 5.65. The molecule has 0 aromatic heterocycles. The third-order valence-corrected chi connectivity index (χ3v) is 2.77. The van der Waals surface area contributed by atoms with Crippen LogP contribution in [-0.2, 0) is 9.59 Å². The molecular formula is C13H27N3O2. The van der Waals surface area contributed by atoms with Crippen LogP contribution in [0.15, 0.2) is 0 Å². The molecule has 0 aliphatic heterocycles. The van der Waals surface area contributed by atoms with Gasteiger partial charge in [-0.2, -0.15) is 0 Å². The number of nitrogens with two attached hydrogens (primary N) is 1. The summed E-state index contributed by atoms with van der Waals surface area (Å²) in [6.07, 6.45) is 1.75. The highest BCUT2D eigenvalue weighted by Crippen LogP contribution is 2.13. The fourth-order valence-electron chi connectivity index (χ4n) is 1.80. The summed E-state index contributed by atoms with van der Waals surface area (Å²) in [4.78, 5) is 24.5. The van der Waals surface area contributed by atoms with Gasteiger partial charge in [0, 0.05) is 33.5 Å². The lowest BCUT2D eigenvalue weighted by atomic mass is 9.94. The summed E-state index contributed by atoms with van der Waals surface area (Å²) in [5, 5.41) is 2.76. The Bertz CT molecular complexity index is 265. The molecule has 0 aromatic carbocycles. The molecule has 106 valence electrons. The molecule has 0 saturated heterocycles. The first-order chi connectivity index (χ1) is 8.36. The van der Waals surface area contributed by atoms with Gasteiger partial charge in [0.25, 0.3) is 0 Å². The van der Waals surface area contributed by atoms with Gasteiger partial charge in [-0.05, 0) is 24.8 Å². The van der Waals surface area contributed by atoms with Gasteiger partial charge in [-0.1, -0.05) is 13.8 Å². The van der Waals surface area contributed by atoms with E-state index in [4.69, 9.17) is 5.73 Å². The Morgan fingerprint density at radius 1 is 1.28 bits per heavy atom. The molecule has 18 heavy (non-hydrogen) atoms. The van der Waals surface area contributed by atoms with E-state index in [0.717, 1.165) is 6.42 Å². The molecule has 5 nitrogen and oxygen atoms in total. The minimum Gasteiger partial charge on any atom is -0.356 e. The average molecular weight is 257 g/mol. The molecule has 0 fully saturated rings. The van der Waals surface area contributed by atoms with E-state index in [2.05, 4.69) is 19.2 Å². The number of hydrogen-bond acceptors (Lipinski definition) is 3. The van der Waals surface area contributed by atoms with Gasteiger partial charge in [-0.15, -0.1) is 0 Å². The lowest BCUT2D eigenvalue weighted by Gasteiger charge is -2.16. The van der Waals surface area contributed by atoms with Crippen molar-refractivity contribution in [2.75, 3.05) is 27.2 Å². The van der Waals surface area contributed by atoms with Crippen LogP contribution in [0.5, 0.6) is 0 Å². The first-order valence-corrected chi connectivity index (χ1v) is 6.53. The number of carbonyl (C=O) groups excluding carboxylic acids is 2. The van der Waals surface area contributed by atoms with Gasteiger partial charge in [-0.25, -0.2) is 0 Å². The summed E-state index contributed by atoms with van der Waals surface area (Å²) in [7, 11) is 3.41. The van der Waals surface area contributed by atoms with E-state index in [9.17, 15) is 9.59 Å². The summed E-state index contributed by atoms with van der Waals surface area (Å²) in [5.74, 6) is 0.779. The molecule has 0 spiro atoms. The molecular weight excluding hydrogens is 230 g/mol. The molecule has 3 N–H and O–H groups in total. The van der Waals surface area contributed by atoms with E-state index in [1.54, 1.807) is 14.1 Å². The molecule has 1 atom stereocenters. The fourth-order valence-corrected chi connectivity index (χ4v) is 1.80. The number of rotatable bonds is 8. The second-order valence-corrected chi connectivity index (χ2v) is 5.32. The first kappa shape index (κ1) is 16.9. The predicted octanol–water partition coefficient (Wildman–Crippen LogP) is 0.592. The number of hydrogen-bond donors (Lipinski definition) is 2. The van der Waals surface area contributed by atoms with Crippen LogP contribution in [0.1, 0.15) is 33.1 Å². The normalized spacial score (nSPS) is 12.3. The summed E-state index contributed by atoms with van der Waals surface area (Å²) < 4.78 is 0. The zero-order valence-electron chi connectivity index (χ0n) is 12.0. The lowest BCUT2D eigenvalue weighted by molar-refractivity contribution is -0.128. The van der Waals surface area contributed by atoms with E-state index in [1.807, 2.05) is 0 Å². The van der Waals surface area contributed by atoms with Crippen molar-refractivity contribution in [3.05, 3.63) is 0 Å². The van der Waals surface area contributed by atoms with Crippen LogP contribution in [0.3, 0.4) is 0 Å². The second-order valence-electron chi connectivity index (χ2n) is 5.32. The molecule has 0 aliphatic rings. The molecule has 2 amide bonds. The number of nitrogens with zero attached hydrogens (tertiary/aromatic N) is 1. The standard InChI is InChI=1S/C13H27N3O2/c1-10(2)7-11(9-14)8-12(17)15-6-5-13(18)16(3)4/h10-11H,5-9,14H2,1-4H3,(H,15,17)/t11-/m0/s1. The Morgan fingerprint density at radius 2 is 1.89 bits per heavy atom. The Hall–Kier alpha value is -1.10. The van der Waals surface area contributed by atoms with Crippen molar-refractivity contribution >= 4 is 11.8 Å². The van der Waals surface area contributed by atoms with E-state index < -0.39 is 0 Å². The predicted molar refractivity (Wildman–Crippen MR) is 72.9 cm³/mol. The minimum atomic E-state index is -0.0161. The van der Waals surface area contributed by atoms with Crippen LogP contribution in [0, 0.1) is 11.8 Å². The quantitative estimate of drug-likeness (QED) is 0.668. The number of nitrogens with one attached hydrogen (secondary N) is 1. The molecule has 0 unspecified atom stereocenters. The van der Waals surface area contributed by atoms with Gasteiger partial charge in [0.15, 0.2) is 0 Å². The van der Waals surface area contributed by atoms with Crippen molar-refractivity contribution < 1.29 is 9.59 Å². The Labute approximate surface area is 110 Å². The van der Waals surface area contributed by atoms with Crippen molar-refractivity contribution in [3.63, 3.8) is 0 Å². The highest BCUT2D eigenvalue weighted by Gasteiger charge is 2.14. The Morgan fingerprint density at radius 3 is 2.33 bits per heavy atom. The van der Waals surface area contributed by atoms with Gasteiger partial charge in [-0.3, -0.25) is 9.59 Å². The number of carbonyl (C=O) groups is 2. The fraction of sp³-hybridized carbons (Fsp3) is 0.846. The topological polar surface area (TPSA) is 75.4 Å². The van der Waals surface area contributed by atoms with Crippen molar-refractivity contribution in [2.45, 2.75) is 33.1 Å². The molecule has 0 rings (SSSR count). The van der Waals surface area contributed by atoms with Gasteiger partial charge in [0.05, 0.1) is 0 Å². The molecule has 0 heterocycles. The van der Waals surface area contributed by atoms with Gasteiger partial charge in [0.2, 0.25) is 11.8 Å². The molecule has 0 bridgehead atoms. The van der Waals surface area contributed by atoms with E-state index in [0.29, 0.717) is 31.8 Å². The highest BCUT2D eigenvalue weighted by atomic mass is 16.2. The van der Waals surface area contributed by atoms with Crippen LogP contribution in [0.25, 0.3) is 0 Å². The molecule has 5 heteroatoms. The molecule has 0 radical (unpaired) electrons. The third kappa shape index (κ3) is 8.06. The largest absolute Gasteiger partial charge is 0.356 e. The number of amides is 2. The second kappa shape index (κ2) is 8.91. The minimum absolute atomic E-state index is 0.0161. The smallest absolute Gasteiger partial charge is 0.223 e. The first-order valence-electron chi connectivity index (χ1n) is 6.53. The Kier molecular flexibility index (Phi) is 8.37. The van der Waals surface area contributed by atoms with Crippen molar-refractivity contribution in [2.24, 2.45) is 17.6 Å². The lowest BCUT2D eigenvalue weighted by Crippen LogP contribution is -2.32. The van der Waals surface area contributed by atoms with E-state index >= 15 is 0 Å². The zero-order valence-corrected chi connectivity index (χ0v) is 12.0. The van der Waals surface area contributed by atoms with Crippen molar-refractivity contribution in [3.8, 4) is 0 Å². The van der Waals surface area contributed by atoms with Gasteiger partial charge < -0.3 is 16.0 Å². The van der Waals surface area contributed by atoms with Crippen LogP contribution < -0.4 is 11.1 Å². The third-order valence-electron chi connectivity index (χ3n) is 2.77. The van der Waals surface area contributed by atoms with Crippen molar-refractivity contribution in [1.82, 2.24) is 10.2 Å². The van der Waals surface area contributed by atoms with Crippen LogP contribution in [-0.4, -0.2) is 43.9 Å². The van der Waals surface area contributed by atoms with Crippen LogP contribution in [0.4, 0.5) is 0 Å². The molecule has 0 aromatic rings. The highest BCUT2D eigenvalue weighted by molar-refractivity contribution is 5.78. The molecule has 0 saturated carbocycles. The van der Waals surface area contributed by atoms with Crippen LogP contribution in [0.2, 0.25) is 0 Å². The van der Waals surface area contributed by atoms with Gasteiger partial charge >= 0.3 is 0 Å². The average Bonchev–Trinajstić information content (AvgIpc) is 2.27. The van der Waals surface area contributed by atoms with E-state index in [-0.39, 0.29) is 17.7 Å². The SMILES string of the molecule is CC(C)C[C@H](CN)CC(=O)NCCC(=O)N(C)C. The maximum absolute atomic E-state index is 11.7.